The van der Waals surface area contributed by atoms with Gasteiger partial charge in [0.1, 0.15) is 0 Å². The fraction of sp³-hybridized carbons (Fsp3) is 0.871. The number of ether oxygens (including phenoxy) is 1. The third-order valence-corrected chi connectivity index (χ3v) is 11.8. The number of fused-ring (bicyclic) bond motifs is 5. The molecule has 4 rings (SSSR count). The number of aliphatic hydroxyl groups is 2. The van der Waals surface area contributed by atoms with Gasteiger partial charge in [0, 0.05) is 24.4 Å². The zero-order chi connectivity index (χ0) is 25.3. The van der Waals surface area contributed by atoms with Crippen molar-refractivity contribution in [1.82, 2.24) is 0 Å². The molecule has 0 radical (unpaired) electrons. The molecule has 4 aliphatic carbocycles. The van der Waals surface area contributed by atoms with Gasteiger partial charge >= 0.3 is 0 Å². The topological polar surface area (TPSA) is 49.7 Å². The van der Waals surface area contributed by atoms with E-state index in [-0.39, 0.29) is 34.1 Å². The van der Waals surface area contributed by atoms with E-state index in [1.165, 1.54) is 30.4 Å². The van der Waals surface area contributed by atoms with Gasteiger partial charge in [-0.25, -0.2) is 0 Å². The van der Waals surface area contributed by atoms with Crippen LogP contribution in [0.2, 0.25) is 0 Å². The maximum atomic E-state index is 10.9. The number of aliphatic hydroxyl groups excluding tert-OH is 2. The van der Waals surface area contributed by atoms with Crippen molar-refractivity contribution in [1.29, 1.82) is 0 Å². The monoisotopic (exact) mass is 472 g/mol. The first-order valence-electron chi connectivity index (χ1n) is 14.0. The molecule has 3 fully saturated rings. The highest BCUT2D eigenvalue weighted by molar-refractivity contribution is 5.33. The Morgan fingerprint density at radius 1 is 1.09 bits per heavy atom. The van der Waals surface area contributed by atoms with Crippen LogP contribution in [-0.4, -0.2) is 35.1 Å². The van der Waals surface area contributed by atoms with Crippen LogP contribution < -0.4 is 0 Å². The van der Waals surface area contributed by atoms with Crippen molar-refractivity contribution in [2.75, 3.05) is 7.11 Å². The molecule has 0 aliphatic heterocycles. The lowest BCUT2D eigenvalue weighted by molar-refractivity contribution is -0.225. The first-order valence-corrected chi connectivity index (χ1v) is 14.0. The average molecular weight is 473 g/mol. The molecule has 3 heteroatoms. The van der Waals surface area contributed by atoms with E-state index >= 15 is 0 Å². The maximum absolute atomic E-state index is 10.9. The largest absolute Gasteiger partial charge is 0.392 e. The predicted molar refractivity (Wildman–Crippen MR) is 140 cm³/mol. The molecule has 4 aliphatic rings. The highest BCUT2D eigenvalue weighted by Gasteiger charge is 2.70. The Morgan fingerprint density at radius 3 is 2.38 bits per heavy atom. The number of hydrogen-bond donors (Lipinski definition) is 2. The Kier molecular flexibility index (Phi) is 6.79. The van der Waals surface area contributed by atoms with E-state index in [0.29, 0.717) is 29.6 Å². The number of rotatable bonds is 5. The second kappa shape index (κ2) is 8.73. The molecular formula is C31H52O3. The molecule has 0 spiro atoms. The molecule has 0 aromatic carbocycles. The van der Waals surface area contributed by atoms with Crippen molar-refractivity contribution >= 4 is 0 Å². The molecule has 0 saturated heterocycles. The lowest BCUT2D eigenvalue weighted by atomic mass is 9.40. The predicted octanol–water partition coefficient (Wildman–Crippen LogP) is 6.93. The Bertz CT molecular complexity index is 838. The molecule has 3 nitrogen and oxygen atoms in total. The summed E-state index contributed by atoms with van der Waals surface area (Å²) < 4.78 is 6.70. The second-order valence-corrected chi connectivity index (χ2v) is 14.0. The highest BCUT2D eigenvalue weighted by Crippen LogP contribution is 2.74. The summed E-state index contributed by atoms with van der Waals surface area (Å²) in [6.07, 6.45) is 11.6. The van der Waals surface area contributed by atoms with Crippen molar-refractivity contribution in [2.24, 2.45) is 45.8 Å². The normalized spacial score (nSPS) is 47.0. The summed E-state index contributed by atoms with van der Waals surface area (Å²) in [4.78, 5) is 0. The van der Waals surface area contributed by atoms with E-state index in [2.05, 4.69) is 61.5 Å². The van der Waals surface area contributed by atoms with E-state index in [1.807, 2.05) is 13.2 Å². The zero-order valence-corrected chi connectivity index (χ0v) is 23.4. The van der Waals surface area contributed by atoms with Crippen LogP contribution in [0, 0.1) is 45.8 Å². The summed E-state index contributed by atoms with van der Waals surface area (Å²) in [5, 5.41) is 21.6. The standard InChI is InChI=1S/C31H52O3/c1-19(2)16-22(32)17-20(3)23-12-13-30(8)27-21(4)18-25-24(10-11-26(33)28(25,5)6)31(27,34-9)15-14-29(23,30)7/h16,18,20-24,26-27,32-33H,10-15,17H2,1-9H3/t20-,21+,22+,23-,24-,26+,27+,29-,30+,31-/m1/s1. The zero-order valence-electron chi connectivity index (χ0n) is 23.4. The minimum atomic E-state index is -0.341. The summed E-state index contributed by atoms with van der Waals surface area (Å²) >= 11 is 0. The van der Waals surface area contributed by atoms with Crippen LogP contribution in [0.1, 0.15) is 100 Å². The van der Waals surface area contributed by atoms with Crippen molar-refractivity contribution in [2.45, 2.75) is 118 Å². The second-order valence-electron chi connectivity index (χ2n) is 14.0. The molecule has 194 valence electrons. The summed E-state index contributed by atoms with van der Waals surface area (Å²) in [6, 6.07) is 0. The Balaban J connectivity index is 1.71. The van der Waals surface area contributed by atoms with Crippen molar-refractivity contribution in [3.63, 3.8) is 0 Å². The third kappa shape index (κ3) is 3.62. The highest BCUT2D eigenvalue weighted by atomic mass is 16.5. The lowest BCUT2D eigenvalue weighted by Crippen LogP contribution is -2.66. The first-order chi connectivity index (χ1) is 15.7. The fourth-order valence-corrected chi connectivity index (χ4v) is 10.0. The van der Waals surface area contributed by atoms with E-state index in [4.69, 9.17) is 4.74 Å². The quantitative estimate of drug-likeness (QED) is 0.427. The van der Waals surface area contributed by atoms with Gasteiger partial charge in [0.05, 0.1) is 17.8 Å². The molecule has 0 aromatic heterocycles. The molecule has 34 heavy (non-hydrogen) atoms. The SMILES string of the molecule is CO[C@@]12CC[C@]3(C)[C@@H]([C@H](C)C[C@@H](O)C=C(C)C)CC[C@@]3(C)[C@@H]1[C@@H](C)C=C1[C@H]2CC[C@H](O)C1(C)C. The van der Waals surface area contributed by atoms with Crippen LogP contribution in [0.15, 0.2) is 23.3 Å². The van der Waals surface area contributed by atoms with Crippen LogP contribution in [-0.2, 0) is 4.74 Å². The number of allylic oxidation sites excluding steroid dienone is 2. The van der Waals surface area contributed by atoms with Crippen molar-refractivity contribution in [3.8, 4) is 0 Å². The maximum Gasteiger partial charge on any atom is 0.0783 e. The van der Waals surface area contributed by atoms with Crippen LogP contribution in [0.25, 0.3) is 0 Å². The molecule has 0 aromatic rings. The van der Waals surface area contributed by atoms with Crippen LogP contribution in [0.5, 0.6) is 0 Å². The fourth-order valence-electron chi connectivity index (χ4n) is 10.0. The average Bonchev–Trinajstić information content (AvgIpc) is 3.01. The molecule has 2 N–H and O–H groups in total. The Labute approximate surface area is 209 Å². The van der Waals surface area contributed by atoms with Gasteiger partial charge in [-0.05, 0) is 87.4 Å². The van der Waals surface area contributed by atoms with Crippen LogP contribution in [0.3, 0.4) is 0 Å². The molecule has 0 bridgehead atoms. The first kappa shape index (κ1) is 26.4. The van der Waals surface area contributed by atoms with Gasteiger partial charge < -0.3 is 14.9 Å². The molecule has 0 heterocycles. The summed E-state index contributed by atoms with van der Waals surface area (Å²) in [5.41, 5.74) is 2.81. The van der Waals surface area contributed by atoms with Crippen LogP contribution >= 0.6 is 0 Å². The minimum absolute atomic E-state index is 0.130. The third-order valence-electron chi connectivity index (χ3n) is 11.8. The van der Waals surface area contributed by atoms with Gasteiger partial charge in [-0.1, -0.05) is 64.8 Å². The van der Waals surface area contributed by atoms with Crippen molar-refractivity contribution < 1.29 is 14.9 Å². The molecule has 0 unspecified atom stereocenters. The summed E-state index contributed by atoms with van der Waals surface area (Å²) in [5.74, 6) is 2.47. The molecule has 0 amide bonds. The van der Waals surface area contributed by atoms with Gasteiger partial charge in [0.2, 0.25) is 0 Å². The van der Waals surface area contributed by atoms with E-state index in [9.17, 15) is 10.2 Å². The lowest BCUT2D eigenvalue weighted by Gasteiger charge is -2.67. The smallest absolute Gasteiger partial charge is 0.0783 e. The Morgan fingerprint density at radius 2 is 1.76 bits per heavy atom. The Hall–Kier alpha value is -0.640. The summed E-state index contributed by atoms with van der Waals surface area (Å²) in [6.45, 7) is 18.6. The van der Waals surface area contributed by atoms with Crippen LogP contribution in [0.4, 0.5) is 0 Å². The molecule has 10 atom stereocenters. The van der Waals surface area contributed by atoms with Crippen molar-refractivity contribution in [3.05, 3.63) is 23.3 Å². The van der Waals surface area contributed by atoms with E-state index in [0.717, 1.165) is 25.7 Å². The van der Waals surface area contributed by atoms with E-state index in [1.54, 1.807) is 0 Å². The van der Waals surface area contributed by atoms with E-state index < -0.39 is 0 Å². The minimum Gasteiger partial charge on any atom is -0.392 e. The van der Waals surface area contributed by atoms with Gasteiger partial charge in [0.15, 0.2) is 0 Å². The molecular weight excluding hydrogens is 420 g/mol. The molecule has 3 saturated carbocycles. The van der Waals surface area contributed by atoms with Gasteiger partial charge in [-0.15, -0.1) is 0 Å². The van der Waals surface area contributed by atoms with Gasteiger partial charge in [-0.3, -0.25) is 0 Å². The number of hydrogen-bond acceptors (Lipinski definition) is 3. The summed E-state index contributed by atoms with van der Waals surface area (Å²) in [7, 11) is 1.97. The number of methoxy groups -OCH3 is 1. The van der Waals surface area contributed by atoms with Gasteiger partial charge in [-0.2, -0.15) is 0 Å². The van der Waals surface area contributed by atoms with Gasteiger partial charge in [0.25, 0.3) is 0 Å².